The molecular formula is C19H24NO4-. The van der Waals surface area contributed by atoms with Crippen molar-refractivity contribution in [1.82, 2.24) is 4.90 Å². The summed E-state index contributed by atoms with van der Waals surface area (Å²) in [7, 11) is 0. The molecule has 1 heterocycles. The molecule has 1 aromatic carbocycles. The van der Waals surface area contributed by atoms with E-state index in [9.17, 15) is 14.7 Å². The van der Waals surface area contributed by atoms with Gasteiger partial charge in [-0.2, -0.15) is 0 Å². The molecule has 1 aliphatic rings. The number of ether oxygens (including phenoxy) is 1. The molecule has 1 amide bonds. The summed E-state index contributed by atoms with van der Waals surface area (Å²) in [5, 5.41) is 11.9. The van der Waals surface area contributed by atoms with Crippen LogP contribution in [-0.4, -0.2) is 34.6 Å². The third-order valence-electron chi connectivity index (χ3n) is 4.05. The molecule has 0 bridgehead atoms. The van der Waals surface area contributed by atoms with Crippen LogP contribution in [0.5, 0.6) is 0 Å². The lowest BCUT2D eigenvalue weighted by molar-refractivity contribution is -0.317. The topological polar surface area (TPSA) is 69.7 Å². The molecule has 1 aromatic rings. The first-order valence-corrected chi connectivity index (χ1v) is 8.18. The molecule has 5 heteroatoms. The molecule has 5 nitrogen and oxygen atoms in total. The molecule has 2 rings (SSSR count). The first-order chi connectivity index (χ1) is 11.2. The molecule has 0 unspecified atom stereocenters. The van der Waals surface area contributed by atoms with Crippen LogP contribution in [0, 0.1) is 0 Å². The van der Waals surface area contributed by atoms with Gasteiger partial charge < -0.3 is 14.6 Å². The van der Waals surface area contributed by atoms with E-state index in [0.717, 1.165) is 5.56 Å². The van der Waals surface area contributed by atoms with Gasteiger partial charge in [-0.15, -0.1) is 0 Å². The van der Waals surface area contributed by atoms with Gasteiger partial charge in [0.2, 0.25) is 0 Å². The van der Waals surface area contributed by atoms with Gasteiger partial charge in [-0.05, 0) is 45.6 Å². The van der Waals surface area contributed by atoms with Crippen LogP contribution in [0.25, 0.3) is 6.08 Å². The summed E-state index contributed by atoms with van der Waals surface area (Å²) in [5.41, 5.74) is -1.03. The van der Waals surface area contributed by atoms with Gasteiger partial charge in [-0.1, -0.05) is 42.5 Å². The van der Waals surface area contributed by atoms with Crippen LogP contribution in [0.1, 0.15) is 45.6 Å². The van der Waals surface area contributed by atoms with Gasteiger partial charge in [0.15, 0.2) is 0 Å². The Morgan fingerprint density at radius 3 is 2.54 bits per heavy atom. The van der Waals surface area contributed by atoms with Crippen molar-refractivity contribution in [3.05, 3.63) is 42.0 Å². The number of likely N-dealkylation sites (tertiary alicyclic amines) is 1. The van der Waals surface area contributed by atoms with Crippen molar-refractivity contribution < 1.29 is 19.4 Å². The number of benzene rings is 1. The Morgan fingerprint density at radius 1 is 1.29 bits per heavy atom. The zero-order valence-corrected chi connectivity index (χ0v) is 14.5. The highest BCUT2D eigenvalue weighted by molar-refractivity contribution is 5.84. The molecule has 0 saturated carbocycles. The molecule has 130 valence electrons. The highest BCUT2D eigenvalue weighted by atomic mass is 16.6. The number of carboxylic acid groups (broad SMARTS) is 1. The predicted molar refractivity (Wildman–Crippen MR) is 90.0 cm³/mol. The van der Waals surface area contributed by atoms with Gasteiger partial charge in [0.1, 0.15) is 5.60 Å². The van der Waals surface area contributed by atoms with Gasteiger partial charge in [0.25, 0.3) is 0 Å². The van der Waals surface area contributed by atoms with E-state index in [1.807, 2.05) is 36.4 Å². The van der Waals surface area contributed by atoms with Crippen LogP contribution in [0.3, 0.4) is 0 Å². The molecule has 0 N–H and O–H groups in total. The molecule has 0 aromatic heterocycles. The quantitative estimate of drug-likeness (QED) is 0.851. The fraction of sp³-hybridized carbons (Fsp3) is 0.474. The smallest absolute Gasteiger partial charge is 0.411 e. The Balaban J connectivity index is 2.18. The van der Waals surface area contributed by atoms with Crippen LogP contribution < -0.4 is 5.11 Å². The minimum Gasteiger partial charge on any atom is -0.548 e. The fourth-order valence-electron chi connectivity index (χ4n) is 2.92. The average Bonchev–Trinajstić information content (AvgIpc) is 2.92. The van der Waals surface area contributed by atoms with E-state index >= 15 is 0 Å². The summed E-state index contributed by atoms with van der Waals surface area (Å²) in [5.74, 6) is -1.23. The second-order valence-electron chi connectivity index (χ2n) is 7.07. The van der Waals surface area contributed by atoms with Crippen LogP contribution in [0.2, 0.25) is 0 Å². The van der Waals surface area contributed by atoms with E-state index in [4.69, 9.17) is 4.74 Å². The lowest BCUT2D eigenvalue weighted by atomic mass is 9.91. The van der Waals surface area contributed by atoms with Crippen molar-refractivity contribution in [3.63, 3.8) is 0 Å². The minimum absolute atomic E-state index is 0.198. The van der Waals surface area contributed by atoms with Crippen LogP contribution in [-0.2, 0) is 9.53 Å². The maximum atomic E-state index is 12.4. The summed E-state index contributed by atoms with van der Waals surface area (Å²) >= 11 is 0. The van der Waals surface area contributed by atoms with Crippen molar-refractivity contribution in [2.24, 2.45) is 0 Å². The van der Waals surface area contributed by atoms with Crippen molar-refractivity contribution in [2.45, 2.75) is 51.2 Å². The van der Waals surface area contributed by atoms with Gasteiger partial charge in [-0.3, -0.25) is 4.90 Å². The Kier molecular flexibility index (Phi) is 5.32. The van der Waals surface area contributed by atoms with Gasteiger partial charge in [-0.25, -0.2) is 4.79 Å². The number of hydrogen-bond donors (Lipinski definition) is 0. The summed E-state index contributed by atoms with van der Waals surface area (Å²) in [4.78, 5) is 25.6. The summed E-state index contributed by atoms with van der Waals surface area (Å²) in [6.45, 7) is 5.65. The predicted octanol–water partition coefficient (Wildman–Crippen LogP) is 2.61. The molecular weight excluding hydrogens is 306 g/mol. The fourth-order valence-corrected chi connectivity index (χ4v) is 2.92. The highest BCUT2D eigenvalue weighted by Gasteiger charge is 2.45. The van der Waals surface area contributed by atoms with E-state index in [1.54, 1.807) is 26.8 Å². The number of nitrogens with zero attached hydrogens (tertiary/aromatic N) is 1. The lowest BCUT2D eigenvalue weighted by Gasteiger charge is -2.39. The second-order valence-corrected chi connectivity index (χ2v) is 7.07. The van der Waals surface area contributed by atoms with E-state index < -0.39 is 23.2 Å². The maximum absolute atomic E-state index is 12.4. The number of carbonyl (C=O) groups is 2. The number of rotatable bonds is 4. The monoisotopic (exact) mass is 330 g/mol. The third kappa shape index (κ3) is 4.16. The molecule has 1 saturated heterocycles. The van der Waals surface area contributed by atoms with E-state index in [-0.39, 0.29) is 6.42 Å². The van der Waals surface area contributed by atoms with Gasteiger partial charge >= 0.3 is 6.09 Å². The zero-order valence-electron chi connectivity index (χ0n) is 14.5. The Labute approximate surface area is 142 Å². The standard InChI is InChI=1S/C19H25NO4/c1-18(2,3)24-17(23)20-14-8-13-19(20,16(21)22)12-7-11-15-9-5-4-6-10-15/h4-7,9-11H,8,12-14H2,1-3H3,(H,21,22)/p-1/b11-7+/t19-/m1/s1. The Morgan fingerprint density at radius 2 is 1.96 bits per heavy atom. The van der Waals surface area contributed by atoms with Gasteiger partial charge in [0, 0.05) is 6.54 Å². The zero-order chi connectivity index (χ0) is 17.8. The molecule has 0 aliphatic carbocycles. The summed E-state index contributed by atoms with van der Waals surface area (Å²) in [6, 6.07) is 9.61. The maximum Gasteiger partial charge on any atom is 0.411 e. The minimum atomic E-state index is -1.34. The van der Waals surface area contributed by atoms with Crippen molar-refractivity contribution in [3.8, 4) is 0 Å². The summed E-state index contributed by atoms with van der Waals surface area (Å²) in [6.07, 6.45) is 4.23. The van der Waals surface area contributed by atoms with Crippen molar-refractivity contribution in [1.29, 1.82) is 0 Å². The van der Waals surface area contributed by atoms with E-state index in [0.29, 0.717) is 19.4 Å². The molecule has 1 aliphatic heterocycles. The number of aliphatic carboxylic acids is 1. The molecule has 0 radical (unpaired) electrons. The third-order valence-corrected chi connectivity index (χ3v) is 4.05. The van der Waals surface area contributed by atoms with Crippen molar-refractivity contribution >= 4 is 18.1 Å². The number of carbonyl (C=O) groups excluding carboxylic acids is 2. The molecule has 0 spiro atoms. The highest BCUT2D eigenvalue weighted by Crippen LogP contribution is 2.34. The number of carboxylic acids is 1. The van der Waals surface area contributed by atoms with Gasteiger partial charge in [0.05, 0.1) is 11.5 Å². The van der Waals surface area contributed by atoms with Crippen LogP contribution >= 0.6 is 0 Å². The largest absolute Gasteiger partial charge is 0.548 e. The SMILES string of the molecule is CC(C)(C)OC(=O)N1CCC[C@]1(C/C=C/c1ccccc1)C(=O)[O-]. The second kappa shape index (κ2) is 7.07. The molecule has 1 atom stereocenters. The Hall–Kier alpha value is -2.30. The first kappa shape index (κ1) is 18.0. The number of amides is 1. The normalized spacial score (nSPS) is 21.2. The molecule has 1 fully saturated rings. The van der Waals surface area contributed by atoms with Crippen molar-refractivity contribution in [2.75, 3.05) is 6.54 Å². The average molecular weight is 330 g/mol. The number of hydrogen-bond acceptors (Lipinski definition) is 4. The summed E-state index contributed by atoms with van der Waals surface area (Å²) < 4.78 is 5.36. The Bertz CT molecular complexity index is 618. The van der Waals surface area contributed by atoms with E-state index in [2.05, 4.69) is 0 Å². The van der Waals surface area contributed by atoms with Crippen LogP contribution in [0.15, 0.2) is 36.4 Å². The van der Waals surface area contributed by atoms with E-state index in [1.165, 1.54) is 4.90 Å². The van der Waals surface area contributed by atoms with Crippen LogP contribution in [0.4, 0.5) is 4.79 Å². The lowest BCUT2D eigenvalue weighted by Crippen LogP contribution is -2.59. The molecule has 24 heavy (non-hydrogen) atoms. The first-order valence-electron chi connectivity index (χ1n) is 8.18.